The monoisotopic (exact) mass is 347 g/mol. The molecule has 1 aliphatic heterocycles. The quantitative estimate of drug-likeness (QED) is 0.928. The molecule has 25 heavy (non-hydrogen) atoms. The van der Waals surface area contributed by atoms with Crippen molar-refractivity contribution in [3.63, 3.8) is 0 Å². The Labute approximate surface area is 144 Å². The zero-order chi connectivity index (χ0) is 18.0. The molecule has 1 fully saturated rings. The van der Waals surface area contributed by atoms with Gasteiger partial charge in [0.2, 0.25) is 0 Å². The molecule has 0 unspecified atom stereocenters. The number of pyridine rings is 1. The van der Waals surface area contributed by atoms with Gasteiger partial charge in [-0.05, 0) is 37.3 Å². The van der Waals surface area contributed by atoms with E-state index in [1.54, 1.807) is 0 Å². The highest BCUT2D eigenvalue weighted by molar-refractivity contribution is 5.94. The summed E-state index contributed by atoms with van der Waals surface area (Å²) in [5.74, 6) is -1.93. The average Bonchev–Trinajstić information content (AvgIpc) is 2.62. The maximum absolute atomic E-state index is 13.9. The van der Waals surface area contributed by atoms with Crippen molar-refractivity contribution in [1.29, 1.82) is 0 Å². The first-order chi connectivity index (χ1) is 12.0. The van der Waals surface area contributed by atoms with Gasteiger partial charge in [0.05, 0.1) is 24.4 Å². The topological polar surface area (TPSA) is 54.5 Å². The van der Waals surface area contributed by atoms with Crippen molar-refractivity contribution in [3.05, 3.63) is 58.9 Å². The van der Waals surface area contributed by atoms with Crippen molar-refractivity contribution in [2.75, 3.05) is 32.1 Å². The number of carbonyl (C=O) groups excluding carboxylic acids is 1. The minimum atomic E-state index is -0.736. The Balaban J connectivity index is 1.82. The predicted molar refractivity (Wildman–Crippen MR) is 89.5 cm³/mol. The maximum Gasteiger partial charge on any atom is 0.257 e. The highest BCUT2D eigenvalue weighted by atomic mass is 19.1. The van der Waals surface area contributed by atoms with Crippen molar-refractivity contribution < 1.29 is 18.3 Å². The Bertz CT molecular complexity index is 798. The number of nitrogens with one attached hydrogen (secondary N) is 1. The number of rotatable bonds is 3. The first-order valence-corrected chi connectivity index (χ1v) is 8.00. The van der Waals surface area contributed by atoms with Crippen molar-refractivity contribution in [1.82, 2.24) is 9.88 Å². The average molecular weight is 347 g/mol. The molecule has 0 radical (unpaired) electrons. The number of aromatic nitrogens is 1. The second kappa shape index (κ2) is 7.14. The Morgan fingerprint density at radius 1 is 1.32 bits per heavy atom. The number of benzene rings is 1. The molecule has 132 valence electrons. The van der Waals surface area contributed by atoms with Crippen molar-refractivity contribution in [2.45, 2.75) is 13.0 Å². The van der Waals surface area contributed by atoms with E-state index in [0.29, 0.717) is 18.8 Å². The smallest absolute Gasteiger partial charge is 0.257 e. The molecular weight excluding hydrogens is 328 g/mol. The van der Waals surface area contributed by atoms with E-state index in [4.69, 9.17) is 4.74 Å². The van der Waals surface area contributed by atoms with Crippen LogP contribution in [0, 0.1) is 18.6 Å². The Morgan fingerprint density at radius 2 is 2.12 bits per heavy atom. The molecule has 7 heteroatoms. The van der Waals surface area contributed by atoms with Crippen LogP contribution in [0.5, 0.6) is 0 Å². The first kappa shape index (κ1) is 17.3. The van der Waals surface area contributed by atoms with Gasteiger partial charge in [-0.25, -0.2) is 8.78 Å². The van der Waals surface area contributed by atoms with Crippen LogP contribution in [0.15, 0.2) is 30.3 Å². The summed E-state index contributed by atoms with van der Waals surface area (Å²) in [7, 11) is 1.81. The zero-order valence-corrected chi connectivity index (χ0v) is 14.1. The van der Waals surface area contributed by atoms with Crippen molar-refractivity contribution in [2.24, 2.45) is 0 Å². The normalized spacial score (nSPS) is 17.4. The van der Waals surface area contributed by atoms with Gasteiger partial charge < -0.3 is 15.0 Å². The number of aryl methyl sites for hydroxylation is 1. The van der Waals surface area contributed by atoms with Gasteiger partial charge in [0.1, 0.15) is 17.7 Å². The van der Waals surface area contributed by atoms with E-state index >= 15 is 0 Å². The van der Waals surface area contributed by atoms with Gasteiger partial charge in [0, 0.05) is 25.0 Å². The molecule has 0 spiro atoms. The lowest BCUT2D eigenvalue weighted by atomic mass is 10.1. The summed E-state index contributed by atoms with van der Waals surface area (Å²) >= 11 is 0. The summed E-state index contributed by atoms with van der Waals surface area (Å²) in [6.45, 7) is 2.72. The molecule has 1 aromatic heterocycles. The molecule has 1 saturated heterocycles. The van der Waals surface area contributed by atoms with Crippen LogP contribution in [0.1, 0.15) is 27.8 Å². The lowest BCUT2D eigenvalue weighted by molar-refractivity contribution is -0.0249. The SMILES string of the molecule is CNc1cc(C)nc([C@@H]2CN(C(=O)c3cc(F)ccc3F)CCO2)c1. The van der Waals surface area contributed by atoms with Gasteiger partial charge in [-0.2, -0.15) is 0 Å². The lowest BCUT2D eigenvalue weighted by Gasteiger charge is -2.33. The summed E-state index contributed by atoms with van der Waals surface area (Å²) < 4.78 is 33.0. The molecule has 0 bridgehead atoms. The fourth-order valence-electron chi connectivity index (χ4n) is 2.85. The highest BCUT2D eigenvalue weighted by Crippen LogP contribution is 2.25. The second-order valence-electron chi connectivity index (χ2n) is 5.91. The number of halogens is 2. The van der Waals surface area contributed by atoms with Crippen molar-refractivity contribution >= 4 is 11.6 Å². The number of hydrogen-bond acceptors (Lipinski definition) is 4. The largest absolute Gasteiger partial charge is 0.388 e. The van der Waals surface area contributed by atoms with E-state index in [1.165, 1.54) is 4.90 Å². The number of nitrogens with zero attached hydrogens (tertiary/aromatic N) is 2. The summed E-state index contributed by atoms with van der Waals surface area (Å²) in [6, 6.07) is 6.63. The molecular formula is C18H19F2N3O2. The molecule has 1 atom stereocenters. The third kappa shape index (κ3) is 3.76. The molecule has 1 N–H and O–H groups in total. The number of anilines is 1. The van der Waals surface area contributed by atoms with Crippen LogP contribution in [-0.4, -0.2) is 42.5 Å². The van der Waals surface area contributed by atoms with Gasteiger partial charge in [-0.15, -0.1) is 0 Å². The lowest BCUT2D eigenvalue weighted by Crippen LogP contribution is -2.42. The van der Waals surface area contributed by atoms with Crippen LogP contribution in [0.25, 0.3) is 0 Å². The third-order valence-corrected chi connectivity index (χ3v) is 4.10. The minimum absolute atomic E-state index is 0.231. The van der Waals surface area contributed by atoms with E-state index in [9.17, 15) is 13.6 Å². The molecule has 1 amide bonds. The summed E-state index contributed by atoms with van der Waals surface area (Å²) in [5, 5.41) is 3.05. The Kier molecular flexibility index (Phi) is 4.94. The van der Waals surface area contributed by atoms with E-state index in [-0.39, 0.29) is 12.1 Å². The van der Waals surface area contributed by atoms with Gasteiger partial charge in [0.25, 0.3) is 5.91 Å². The van der Waals surface area contributed by atoms with Gasteiger partial charge >= 0.3 is 0 Å². The van der Waals surface area contributed by atoms with E-state index in [2.05, 4.69) is 10.3 Å². The van der Waals surface area contributed by atoms with Crippen LogP contribution in [0.4, 0.5) is 14.5 Å². The zero-order valence-electron chi connectivity index (χ0n) is 14.1. The van der Waals surface area contributed by atoms with Crippen molar-refractivity contribution in [3.8, 4) is 0 Å². The molecule has 2 heterocycles. The number of morpholine rings is 1. The first-order valence-electron chi connectivity index (χ1n) is 8.00. The molecule has 5 nitrogen and oxygen atoms in total. The fourth-order valence-corrected chi connectivity index (χ4v) is 2.85. The Morgan fingerprint density at radius 3 is 2.88 bits per heavy atom. The summed E-state index contributed by atoms with van der Waals surface area (Å²) in [5.41, 5.74) is 2.14. The van der Waals surface area contributed by atoms with Gasteiger partial charge in [0.15, 0.2) is 0 Å². The van der Waals surface area contributed by atoms with E-state index in [0.717, 1.165) is 29.6 Å². The fraction of sp³-hybridized carbons (Fsp3) is 0.333. The van der Waals surface area contributed by atoms with Crippen LogP contribution >= 0.6 is 0 Å². The summed E-state index contributed by atoms with van der Waals surface area (Å²) in [6.07, 6.45) is -0.415. The molecule has 0 aliphatic carbocycles. The Hall–Kier alpha value is -2.54. The molecule has 3 rings (SSSR count). The number of ether oxygens (including phenoxy) is 1. The van der Waals surface area contributed by atoms with Gasteiger partial charge in [-0.3, -0.25) is 9.78 Å². The molecule has 1 aliphatic rings. The number of hydrogen-bond donors (Lipinski definition) is 1. The highest BCUT2D eigenvalue weighted by Gasteiger charge is 2.28. The summed E-state index contributed by atoms with van der Waals surface area (Å²) in [4.78, 5) is 18.5. The number of amides is 1. The molecule has 2 aromatic rings. The molecule has 0 saturated carbocycles. The minimum Gasteiger partial charge on any atom is -0.388 e. The van der Waals surface area contributed by atoms with Crippen LogP contribution < -0.4 is 5.32 Å². The van der Waals surface area contributed by atoms with Crippen LogP contribution in [0.2, 0.25) is 0 Å². The molecule has 1 aromatic carbocycles. The number of carbonyl (C=O) groups is 1. The van der Waals surface area contributed by atoms with Gasteiger partial charge in [-0.1, -0.05) is 0 Å². The van der Waals surface area contributed by atoms with Crippen LogP contribution in [-0.2, 0) is 4.74 Å². The maximum atomic E-state index is 13.9. The third-order valence-electron chi connectivity index (χ3n) is 4.10. The van der Waals surface area contributed by atoms with E-state index < -0.39 is 23.6 Å². The second-order valence-corrected chi connectivity index (χ2v) is 5.91. The predicted octanol–water partition coefficient (Wildman–Crippen LogP) is 2.92. The van der Waals surface area contributed by atoms with E-state index in [1.807, 2.05) is 26.1 Å². The van der Waals surface area contributed by atoms with Crippen LogP contribution in [0.3, 0.4) is 0 Å². The standard InChI is InChI=1S/C18H19F2N3O2/c1-11-7-13(21-2)9-16(22-11)17-10-23(5-6-25-17)18(24)14-8-12(19)3-4-15(14)20/h3-4,7-9,17H,5-6,10H2,1-2H3,(H,21,22)/t17-/m0/s1.